The molecule has 2 aliphatic rings. The van der Waals surface area contributed by atoms with E-state index in [0.717, 1.165) is 30.0 Å². The molecule has 2 heterocycles. The summed E-state index contributed by atoms with van der Waals surface area (Å²) in [6.07, 6.45) is 5.53. The molecule has 2 fully saturated rings. The van der Waals surface area contributed by atoms with E-state index in [9.17, 15) is 0 Å². The molecule has 0 aliphatic heterocycles. The van der Waals surface area contributed by atoms with Crippen molar-refractivity contribution in [1.82, 2.24) is 9.97 Å². The Morgan fingerprint density at radius 3 is 2.71 bits per heavy atom. The van der Waals surface area contributed by atoms with Gasteiger partial charge in [-0.05, 0) is 57.4 Å². The van der Waals surface area contributed by atoms with Gasteiger partial charge in [-0.25, -0.2) is 9.97 Å². The van der Waals surface area contributed by atoms with Gasteiger partial charge in [0.25, 0.3) is 0 Å². The van der Waals surface area contributed by atoms with Crippen LogP contribution >= 0.6 is 11.3 Å². The fraction of sp³-hybridized carbons (Fsp3) is 0.647. The van der Waals surface area contributed by atoms with Crippen LogP contribution in [0, 0.1) is 25.7 Å². The van der Waals surface area contributed by atoms with Crippen LogP contribution in [-0.4, -0.2) is 16.5 Å². The first kappa shape index (κ1) is 13.5. The molecule has 1 N–H and O–H groups in total. The lowest BCUT2D eigenvalue weighted by Crippen LogP contribution is -2.13. The van der Waals surface area contributed by atoms with Crippen LogP contribution in [0.4, 0.5) is 5.82 Å². The van der Waals surface area contributed by atoms with Gasteiger partial charge in [0.05, 0.1) is 5.39 Å². The Bertz CT molecular complexity index is 691. The number of hydrogen-bond donors (Lipinski definition) is 1. The standard InChI is InChI=1S/C17H23N3S/c1-4-18-16-14-9(2)10(3)21-17(14)20-15(19-16)13-8-11-5-6-12(13)7-11/h11-13H,4-8H2,1-3H3,(H,18,19,20). The summed E-state index contributed by atoms with van der Waals surface area (Å²) < 4.78 is 0. The lowest BCUT2D eigenvalue weighted by atomic mass is 9.88. The fourth-order valence-corrected chi connectivity index (χ4v) is 5.32. The van der Waals surface area contributed by atoms with E-state index < -0.39 is 0 Å². The van der Waals surface area contributed by atoms with Crippen LogP contribution in [0.2, 0.25) is 0 Å². The third-order valence-electron chi connectivity index (χ3n) is 5.46. The summed E-state index contributed by atoms with van der Waals surface area (Å²) in [6.45, 7) is 7.43. The first-order chi connectivity index (χ1) is 10.2. The van der Waals surface area contributed by atoms with Gasteiger partial charge in [0.2, 0.25) is 0 Å². The summed E-state index contributed by atoms with van der Waals surface area (Å²) in [5.74, 6) is 4.54. The maximum Gasteiger partial charge on any atom is 0.138 e. The number of nitrogens with zero attached hydrogens (tertiary/aromatic N) is 2. The Morgan fingerprint density at radius 1 is 1.19 bits per heavy atom. The summed E-state index contributed by atoms with van der Waals surface area (Å²) in [7, 11) is 0. The fourth-order valence-electron chi connectivity index (χ4n) is 4.29. The zero-order valence-corrected chi connectivity index (χ0v) is 13.9. The van der Waals surface area contributed by atoms with Gasteiger partial charge in [-0.2, -0.15) is 0 Å². The second-order valence-electron chi connectivity index (χ2n) is 6.71. The lowest BCUT2D eigenvalue weighted by molar-refractivity contribution is 0.406. The van der Waals surface area contributed by atoms with E-state index in [1.54, 1.807) is 0 Å². The summed E-state index contributed by atoms with van der Waals surface area (Å²) in [4.78, 5) is 12.5. The highest BCUT2D eigenvalue weighted by atomic mass is 32.1. The highest BCUT2D eigenvalue weighted by molar-refractivity contribution is 7.18. The Hall–Kier alpha value is -1.16. The quantitative estimate of drug-likeness (QED) is 0.897. The van der Waals surface area contributed by atoms with Gasteiger partial charge < -0.3 is 5.32 Å². The molecule has 2 aromatic rings. The largest absolute Gasteiger partial charge is 0.370 e. The molecule has 112 valence electrons. The van der Waals surface area contributed by atoms with Crippen molar-refractivity contribution in [2.75, 3.05) is 11.9 Å². The predicted octanol–water partition coefficient (Wildman–Crippen LogP) is 4.64. The predicted molar refractivity (Wildman–Crippen MR) is 89.2 cm³/mol. The number of rotatable bonds is 3. The lowest BCUT2D eigenvalue weighted by Gasteiger charge is -2.21. The number of hydrogen-bond acceptors (Lipinski definition) is 4. The number of aryl methyl sites for hydroxylation is 2. The second kappa shape index (κ2) is 4.94. The molecule has 0 radical (unpaired) electrons. The minimum absolute atomic E-state index is 0.605. The molecular weight excluding hydrogens is 278 g/mol. The molecule has 4 rings (SSSR count). The Kier molecular flexibility index (Phi) is 3.18. The van der Waals surface area contributed by atoms with Crippen molar-refractivity contribution in [2.45, 2.75) is 52.4 Å². The van der Waals surface area contributed by atoms with E-state index in [1.165, 1.54) is 46.3 Å². The SMILES string of the molecule is CCNc1nc(C2CC3CCC2C3)nc2sc(C)c(C)c12. The van der Waals surface area contributed by atoms with Gasteiger partial charge in [-0.3, -0.25) is 0 Å². The second-order valence-corrected chi connectivity index (χ2v) is 7.91. The van der Waals surface area contributed by atoms with E-state index >= 15 is 0 Å². The van der Waals surface area contributed by atoms with Gasteiger partial charge in [0.1, 0.15) is 16.5 Å². The third kappa shape index (κ3) is 2.07. The molecular formula is C17H23N3S. The molecule has 2 saturated carbocycles. The molecule has 21 heavy (non-hydrogen) atoms. The van der Waals surface area contributed by atoms with E-state index in [0.29, 0.717) is 5.92 Å². The Morgan fingerprint density at radius 2 is 2.05 bits per heavy atom. The van der Waals surface area contributed by atoms with Crippen molar-refractivity contribution in [2.24, 2.45) is 11.8 Å². The topological polar surface area (TPSA) is 37.8 Å². The average Bonchev–Trinajstić information content (AvgIpc) is 3.15. The van der Waals surface area contributed by atoms with E-state index in [-0.39, 0.29) is 0 Å². The maximum atomic E-state index is 4.97. The molecule has 3 unspecified atom stereocenters. The highest BCUT2D eigenvalue weighted by Gasteiger charge is 2.41. The molecule has 0 aromatic carbocycles. The van der Waals surface area contributed by atoms with Crippen LogP contribution in [0.25, 0.3) is 10.2 Å². The zero-order chi connectivity index (χ0) is 14.6. The zero-order valence-electron chi connectivity index (χ0n) is 13.1. The van der Waals surface area contributed by atoms with Crippen LogP contribution in [0.15, 0.2) is 0 Å². The summed E-state index contributed by atoms with van der Waals surface area (Å²) in [5, 5.41) is 4.71. The number of fused-ring (bicyclic) bond motifs is 3. The summed E-state index contributed by atoms with van der Waals surface area (Å²) in [6, 6.07) is 0. The van der Waals surface area contributed by atoms with Crippen molar-refractivity contribution >= 4 is 27.4 Å². The van der Waals surface area contributed by atoms with E-state index in [4.69, 9.17) is 9.97 Å². The van der Waals surface area contributed by atoms with Crippen LogP contribution < -0.4 is 5.32 Å². The van der Waals surface area contributed by atoms with Crippen molar-refractivity contribution < 1.29 is 0 Å². The normalized spacial score (nSPS) is 27.7. The molecule has 4 heteroatoms. The Labute approximate surface area is 130 Å². The van der Waals surface area contributed by atoms with Gasteiger partial charge in [-0.15, -0.1) is 11.3 Å². The van der Waals surface area contributed by atoms with Crippen molar-refractivity contribution in [3.63, 3.8) is 0 Å². The van der Waals surface area contributed by atoms with E-state index in [1.807, 2.05) is 11.3 Å². The smallest absolute Gasteiger partial charge is 0.138 e. The Balaban J connectivity index is 1.83. The minimum atomic E-state index is 0.605. The average molecular weight is 301 g/mol. The molecule has 2 aromatic heterocycles. The van der Waals surface area contributed by atoms with Gasteiger partial charge in [0.15, 0.2) is 0 Å². The number of nitrogens with one attached hydrogen (secondary N) is 1. The van der Waals surface area contributed by atoms with Crippen LogP contribution in [-0.2, 0) is 0 Å². The number of aromatic nitrogens is 2. The molecule has 2 bridgehead atoms. The molecule has 3 nitrogen and oxygen atoms in total. The summed E-state index contributed by atoms with van der Waals surface area (Å²) in [5.41, 5.74) is 1.34. The van der Waals surface area contributed by atoms with Crippen molar-refractivity contribution in [3.05, 3.63) is 16.3 Å². The van der Waals surface area contributed by atoms with E-state index in [2.05, 4.69) is 26.1 Å². The van der Waals surface area contributed by atoms with Crippen molar-refractivity contribution in [1.29, 1.82) is 0 Å². The van der Waals surface area contributed by atoms with Gasteiger partial charge in [0, 0.05) is 17.3 Å². The molecule has 0 spiro atoms. The van der Waals surface area contributed by atoms with Gasteiger partial charge >= 0.3 is 0 Å². The third-order valence-corrected chi connectivity index (χ3v) is 6.56. The van der Waals surface area contributed by atoms with Crippen LogP contribution in [0.3, 0.4) is 0 Å². The maximum absolute atomic E-state index is 4.97. The van der Waals surface area contributed by atoms with Crippen molar-refractivity contribution in [3.8, 4) is 0 Å². The molecule has 0 saturated heterocycles. The number of anilines is 1. The minimum Gasteiger partial charge on any atom is -0.370 e. The monoisotopic (exact) mass is 301 g/mol. The number of thiophene rings is 1. The first-order valence-electron chi connectivity index (χ1n) is 8.18. The molecule has 2 aliphatic carbocycles. The highest BCUT2D eigenvalue weighted by Crippen LogP contribution is 2.52. The van der Waals surface area contributed by atoms with Gasteiger partial charge in [-0.1, -0.05) is 6.42 Å². The molecule has 0 amide bonds. The molecule has 3 atom stereocenters. The van der Waals surface area contributed by atoms with Crippen LogP contribution in [0.1, 0.15) is 54.8 Å². The first-order valence-corrected chi connectivity index (χ1v) is 9.00. The summed E-state index contributed by atoms with van der Waals surface area (Å²) >= 11 is 1.82. The van der Waals surface area contributed by atoms with Crippen LogP contribution in [0.5, 0.6) is 0 Å².